The van der Waals surface area contributed by atoms with Crippen LogP contribution in [0.3, 0.4) is 0 Å². The Morgan fingerprint density at radius 1 is 1.29 bits per heavy atom. The molecule has 2 aliphatic rings. The van der Waals surface area contributed by atoms with Gasteiger partial charge in [0.1, 0.15) is 0 Å². The van der Waals surface area contributed by atoms with Gasteiger partial charge in [-0.1, -0.05) is 40.2 Å². The maximum absolute atomic E-state index is 12.2. The minimum absolute atomic E-state index is 0.0334. The molecule has 1 spiro atoms. The van der Waals surface area contributed by atoms with Crippen LogP contribution in [0.4, 0.5) is 0 Å². The summed E-state index contributed by atoms with van der Waals surface area (Å²) in [4.78, 5) is 12.5. The molecule has 0 N–H and O–H groups in total. The molecule has 0 radical (unpaired) electrons. The third kappa shape index (κ3) is 0.977. The van der Waals surface area contributed by atoms with Gasteiger partial charge in [0.15, 0.2) is 5.78 Å². The van der Waals surface area contributed by atoms with Gasteiger partial charge < -0.3 is 0 Å². The standard InChI is InChI=1S/C12H11BrO/c13-10-7-8-3-1-2-4-9(8)11(14)12(10)5-6-12/h1-4,10H,5-7H2. The van der Waals surface area contributed by atoms with Crippen LogP contribution in [0.1, 0.15) is 28.8 Å². The lowest BCUT2D eigenvalue weighted by atomic mass is 9.80. The van der Waals surface area contributed by atoms with E-state index < -0.39 is 0 Å². The predicted molar refractivity (Wildman–Crippen MR) is 58.9 cm³/mol. The van der Waals surface area contributed by atoms with Gasteiger partial charge in [0, 0.05) is 15.8 Å². The van der Waals surface area contributed by atoms with E-state index in [1.807, 2.05) is 18.2 Å². The molecule has 1 atom stereocenters. The summed E-state index contributed by atoms with van der Waals surface area (Å²) < 4.78 is 0. The lowest BCUT2D eigenvalue weighted by molar-refractivity contribution is 0.0887. The first-order valence-electron chi connectivity index (χ1n) is 5.01. The smallest absolute Gasteiger partial charge is 0.170 e. The number of ketones is 1. The number of carbonyl (C=O) groups is 1. The van der Waals surface area contributed by atoms with E-state index in [2.05, 4.69) is 22.0 Å². The third-order valence-corrected chi connectivity index (χ3v) is 4.70. The lowest BCUT2D eigenvalue weighted by Gasteiger charge is -2.27. The summed E-state index contributed by atoms with van der Waals surface area (Å²) in [6.07, 6.45) is 3.13. The van der Waals surface area contributed by atoms with Crippen molar-refractivity contribution in [1.82, 2.24) is 0 Å². The van der Waals surface area contributed by atoms with Crippen molar-refractivity contribution in [3.8, 4) is 0 Å². The molecule has 0 heterocycles. The van der Waals surface area contributed by atoms with Crippen molar-refractivity contribution < 1.29 is 4.79 Å². The monoisotopic (exact) mass is 250 g/mol. The first-order valence-corrected chi connectivity index (χ1v) is 5.92. The van der Waals surface area contributed by atoms with Crippen molar-refractivity contribution in [2.24, 2.45) is 5.41 Å². The second-order valence-corrected chi connectivity index (χ2v) is 5.42. The highest BCUT2D eigenvalue weighted by Crippen LogP contribution is 2.57. The van der Waals surface area contributed by atoms with Crippen LogP contribution in [0.15, 0.2) is 24.3 Å². The number of alkyl halides is 1. The Bertz CT molecular complexity index is 407. The Kier molecular flexibility index (Phi) is 1.67. The quantitative estimate of drug-likeness (QED) is 0.648. The largest absolute Gasteiger partial charge is 0.294 e. The third-order valence-electron chi connectivity index (χ3n) is 3.50. The van der Waals surface area contributed by atoms with Gasteiger partial charge in [-0.2, -0.15) is 0 Å². The van der Waals surface area contributed by atoms with Gasteiger partial charge in [0.25, 0.3) is 0 Å². The van der Waals surface area contributed by atoms with Crippen LogP contribution in [0.25, 0.3) is 0 Å². The zero-order valence-electron chi connectivity index (χ0n) is 7.79. The van der Waals surface area contributed by atoms with Crippen molar-refractivity contribution in [2.45, 2.75) is 24.1 Å². The van der Waals surface area contributed by atoms with Crippen molar-refractivity contribution in [1.29, 1.82) is 0 Å². The number of hydrogen-bond acceptors (Lipinski definition) is 1. The molecule has 14 heavy (non-hydrogen) atoms. The molecule has 1 fully saturated rings. The highest BCUT2D eigenvalue weighted by molar-refractivity contribution is 9.09. The maximum Gasteiger partial charge on any atom is 0.170 e. The van der Waals surface area contributed by atoms with Crippen LogP contribution in [0.2, 0.25) is 0 Å². The summed E-state index contributed by atoms with van der Waals surface area (Å²) in [7, 11) is 0. The topological polar surface area (TPSA) is 17.1 Å². The minimum Gasteiger partial charge on any atom is -0.294 e. The van der Waals surface area contributed by atoms with E-state index in [9.17, 15) is 4.79 Å². The molecule has 0 aromatic heterocycles. The van der Waals surface area contributed by atoms with E-state index >= 15 is 0 Å². The molecule has 2 heteroatoms. The SMILES string of the molecule is O=C1c2ccccc2CC(Br)C12CC2. The molecule has 2 aliphatic carbocycles. The average molecular weight is 251 g/mol. The molecular weight excluding hydrogens is 240 g/mol. The van der Waals surface area contributed by atoms with Crippen LogP contribution in [0, 0.1) is 5.41 Å². The first kappa shape index (κ1) is 8.66. The molecule has 1 nitrogen and oxygen atoms in total. The fourth-order valence-electron chi connectivity index (χ4n) is 2.39. The van der Waals surface area contributed by atoms with E-state index in [1.165, 1.54) is 5.56 Å². The van der Waals surface area contributed by atoms with Gasteiger partial charge in [-0.05, 0) is 24.8 Å². The van der Waals surface area contributed by atoms with E-state index in [4.69, 9.17) is 0 Å². The Labute approximate surface area is 91.6 Å². The summed E-state index contributed by atoms with van der Waals surface area (Å²) in [5, 5.41) is 0. The van der Waals surface area contributed by atoms with Crippen molar-refractivity contribution in [2.75, 3.05) is 0 Å². The van der Waals surface area contributed by atoms with Crippen LogP contribution in [-0.4, -0.2) is 10.6 Å². The number of Topliss-reactive ketones (excluding diaryl/α,β-unsaturated/α-hetero) is 1. The van der Waals surface area contributed by atoms with Crippen LogP contribution in [0.5, 0.6) is 0 Å². The number of carbonyl (C=O) groups excluding carboxylic acids is 1. The van der Waals surface area contributed by atoms with E-state index in [0.717, 1.165) is 24.8 Å². The van der Waals surface area contributed by atoms with Gasteiger partial charge in [-0.25, -0.2) is 0 Å². The molecule has 1 saturated carbocycles. The zero-order valence-corrected chi connectivity index (χ0v) is 9.38. The number of rotatable bonds is 0. The first-order chi connectivity index (χ1) is 6.74. The van der Waals surface area contributed by atoms with Gasteiger partial charge in [0.05, 0.1) is 0 Å². The molecule has 3 rings (SSSR count). The summed E-state index contributed by atoms with van der Waals surface area (Å²) in [6.45, 7) is 0. The molecule has 72 valence electrons. The highest BCUT2D eigenvalue weighted by Gasteiger charge is 2.56. The van der Waals surface area contributed by atoms with Gasteiger partial charge in [0.2, 0.25) is 0 Å². The number of benzene rings is 1. The molecule has 1 unspecified atom stereocenters. The minimum atomic E-state index is -0.0334. The van der Waals surface area contributed by atoms with Gasteiger partial charge in [-0.15, -0.1) is 0 Å². The molecule has 1 aromatic carbocycles. The molecule has 0 aliphatic heterocycles. The Morgan fingerprint density at radius 2 is 2.00 bits per heavy atom. The van der Waals surface area contributed by atoms with Crippen LogP contribution < -0.4 is 0 Å². The van der Waals surface area contributed by atoms with E-state index in [1.54, 1.807) is 0 Å². The summed E-state index contributed by atoms with van der Waals surface area (Å²) in [5.74, 6) is 0.362. The van der Waals surface area contributed by atoms with Crippen LogP contribution >= 0.6 is 15.9 Å². The van der Waals surface area contributed by atoms with Gasteiger partial charge >= 0.3 is 0 Å². The average Bonchev–Trinajstić information content (AvgIpc) is 2.97. The summed E-state index contributed by atoms with van der Waals surface area (Å²) in [6, 6.07) is 8.01. The zero-order chi connectivity index (χ0) is 9.76. The fourth-order valence-corrected chi connectivity index (χ4v) is 3.41. The summed E-state index contributed by atoms with van der Waals surface area (Å²) in [5.41, 5.74) is 2.13. The molecular formula is C12H11BrO. The van der Waals surface area contributed by atoms with Crippen molar-refractivity contribution in [3.63, 3.8) is 0 Å². The number of halogens is 1. The van der Waals surface area contributed by atoms with E-state index in [0.29, 0.717) is 10.6 Å². The van der Waals surface area contributed by atoms with Crippen molar-refractivity contribution >= 4 is 21.7 Å². The molecule has 1 aromatic rings. The number of fused-ring (bicyclic) bond motifs is 1. The summed E-state index contributed by atoms with van der Waals surface area (Å²) >= 11 is 3.66. The van der Waals surface area contributed by atoms with Gasteiger partial charge in [-0.3, -0.25) is 4.79 Å². The van der Waals surface area contributed by atoms with Crippen LogP contribution in [-0.2, 0) is 6.42 Å². The number of hydrogen-bond donors (Lipinski definition) is 0. The Morgan fingerprint density at radius 3 is 2.71 bits per heavy atom. The normalized spacial score (nSPS) is 27.5. The lowest BCUT2D eigenvalue weighted by Crippen LogP contribution is -2.33. The fraction of sp³-hybridized carbons (Fsp3) is 0.417. The Balaban J connectivity index is 2.15. The maximum atomic E-state index is 12.2. The second-order valence-electron chi connectivity index (χ2n) is 4.31. The molecule has 0 saturated heterocycles. The predicted octanol–water partition coefficient (Wildman–Crippen LogP) is 2.97. The highest BCUT2D eigenvalue weighted by atomic mass is 79.9. The van der Waals surface area contributed by atoms with Crippen molar-refractivity contribution in [3.05, 3.63) is 35.4 Å². The van der Waals surface area contributed by atoms with E-state index in [-0.39, 0.29) is 5.41 Å². The second kappa shape index (κ2) is 2.69. The Hall–Kier alpha value is -0.630. The molecule has 0 bridgehead atoms. The molecule has 0 amide bonds.